The van der Waals surface area contributed by atoms with Crippen LogP contribution >= 0.6 is 0 Å². The van der Waals surface area contributed by atoms with Gasteiger partial charge in [-0.1, -0.05) is 19.4 Å². The van der Waals surface area contributed by atoms with Crippen molar-refractivity contribution in [3.8, 4) is 0 Å². The van der Waals surface area contributed by atoms with Gasteiger partial charge in [-0.3, -0.25) is 4.79 Å². The van der Waals surface area contributed by atoms with Gasteiger partial charge >= 0.3 is 0 Å². The Kier molecular flexibility index (Phi) is 5.35. The number of unbranched alkanes of at least 4 members (excludes halogenated alkanes) is 1. The Morgan fingerprint density at radius 3 is 2.45 bits per heavy atom. The van der Waals surface area contributed by atoms with Crippen LogP contribution in [0, 0.1) is 11.6 Å². The molecule has 22 heavy (non-hydrogen) atoms. The molecule has 0 saturated heterocycles. The van der Waals surface area contributed by atoms with Gasteiger partial charge in [-0.15, -0.1) is 10.2 Å². The number of carbonyl (C=O) groups excluding carboxylic acids is 1. The van der Waals surface area contributed by atoms with Gasteiger partial charge in [0.25, 0.3) is 5.91 Å². The zero-order valence-corrected chi connectivity index (χ0v) is 12.1. The van der Waals surface area contributed by atoms with Gasteiger partial charge in [0, 0.05) is 6.54 Å². The van der Waals surface area contributed by atoms with Gasteiger partial charge in [-0.05, 0) is 30.7 Å². The first kappa shape index (κ1) is 15.8. The van der Waals surface area contributed by atoms with Crippen LogP contribution in [0.15, 0.2) is 30.3 Å². The SMILES string of the molecule is CCCCNC(=O)c1ccc(Nc2c(F)cccc2F)nn1. The molecular formula is C15H16F2N4O. The maximum Gasteiger partial charge on any atom is 0.271 e. The molecule has 2 rings (SSSR count). The van der Waals surface area contributed by atoms with Crippen molar-refractivity contribution in [3.05, 3.63) is 47.7 Å². The maximum atomic E-state index is 13.5. The number of halogens is 2. The van der Waals surface area contributed by atoms with Crippen LogP contribution in [-0.4, -0.2) is 22.6 Å². The van der Waals surface area contributed by atoms with Crippen molar-refractivity contribution in [1.82, 2.24) is 15.5 Å². The second-order valence-corrected chi connectivity index (χ2v) is 4.63. The van der Waals surface area contributed by atoms with Crippen molar-refractivity contribution in [1.29, 1.82) is 0 Å². The molecule has 5 nitrogen and oxygen atoms in total. The summed E-state index contributed by atoms with van der Waals surface area (Å²) in [7, 11) is 0. The molecule has 0 atom stereocenters. The minimum absolute atomic E-state index is 0.147. The molecule has 0 saturated carbocycles. The number of amides is 1. The molecule has 2 N–H and O–H groups in total. The standard InChI is InChI=1S/C15H16F2N4O/c1-2-3-9-18-15(22)12-7-8-13(21-20-12)19-14-10(16)5-4-6-11(14)17/h4-8H,2-3,9H2,1H3,(H,18,22)(H,19,21). The highest BCUT2D eigenvalue weighted by Gasteiger charge is 2.11. The van der Waals surface area contributed by atoms with E-state index in [0.29, 0.717) is 6.54 Å². The van der Waals surface area contributed by atoms with Crippen LogP contribution in [-0.2, 0) is 0 Å². The van der Waals surface area contributed by atoms with Crippen LogP contribution in [0.4, 0.5) is 20.3 Å². The van der Waals surface area contributed by atoms with Gasteiger partial charge in [0.05, 0.1) is 0 Å². The molecule has 0 bridgehead atoms. The van der Waals surface area contributed by atoms with Gasteiger partial charge < -0.3 is 10.6 Å². The summed E-state index contributed by atoms with van der Waals surface area (Å²) in [6.45, 7) is 2.59. The summed E-state index contributed by atoms with van der Waals surface area (Å²) in [5.74, 6) is -1.65. The summed E-state index contributed by atoms with van der Waals surface area (Å²) in [5, 5.41) is 12.7. The van der Waals surface area contributed by atoms with Crippen molar-refractivity contribution in [2.75, 3.05) is 11.9 Å². The number of hydrogen-bond acceptors (Lipinski definition) is 4. The monoisotopic (exact) mass is 306 g/mol. The van der Waals surface area contributed by atoms with E-state index in [0.717, 1.165) is 25.0 Å². The third kappa shape index (κ3) is 3.97. The average Bonchev–Trinajstić information content (AvgIpc) is 2.52. The number of nitrogens with one attached hydrogen (secondary N) is 2. The molecule has 0 radical (unpaired) electrons. The molecule has 7 heteroatoms. The highest BCUT2D eigenvalue weighted by atomic mass is 19.1. The zero-order chi connectivity index (χ0) is 15.9. The first-order chi connectivity index (χ1) is 10.6. The molecule has 0 aliphatic carbocycles. The van der Waals surface area contributed by atoms with Crippen molar-refractivity contribution in [2.24, 2.45) is 0 Å². The van der Waals surface area contributed by atoms with Crippen LogP contribution in [0.1, 0.15) is 30.3 Å². The van der Waals surface area contributed by atoms with Crippen LogP contribution in [0.25, 0.3) is 0 Å². The maximum absolute atomic E-state index is 13.5. The largest absolute Gasteiger partial charge is 0.351 e. The van der Waals surface area contributed by atoms with Gasteiger partial charge in [0.1, 0.15) is 17.3 Å². The van der Waals surface area contributed by atoms with Crippen LogP contribution in [0.3, 0.4) is 0 Å². The van der Waals surface area contributed by atoms with Gasteiger partial charge in [-0.2, -0.15) is 0 Å². The number of benzene rings is 1. The second kappa shape index (κ2) is 7.44. The molecular weight excluding hydrogens is 290 g/mol. The van der Waals surface area contributed by atoms with Gasteiger partial charge in [0.15, 0.2) is 11.5 Å². The highest BCUT2D eigenvalue weighted by molar-refractivity contribution is 5.92. The van der Waals surface area contributed by atoms with Crippen molar-refractivity contribution < 1.29 is 13.6 Å². The van der Waals surface area contributed by atoms with E-state index in [1.165, 1.54) is 18.2 Å². The molecule has 116 valence electrons. The lowest BCUT2D eigenvalue weighted by Gasteiger charge is -2.08. The Morgan fingerprint density at radius 2 is 1.86 bits per heavy atom. The van der Waals surface area contributed by atoms with E-state index in [2.05, 4.69) is 20.8 Å². The predicted octanol–water partition coefficient (Wildman–Crippen LogP) is 3.03. The zero-order valence-electron chi connectivity index (χ0n) is 12.1. The molecule has 0 fully saturated rings. The number of nitrogens with zero attached hydrogens (tertiary/aromatic N) is 2. The number of rotatable bonds is 6. The average molecular weight is 306 g/mol. The summed E-state index contributed by atoms with van der Waals surface area (Å²) in [4.78, 5) is 11.7. The smallest absolute Gasteiger partial charge is 0.271 e. The summed E-state index contributed by atoms with van der Waals surface area (Å²) >= 11 is 0. The molecule has 0 aliphatic heterocycles. The third-order valence-electron chi connectivity index (χ3n) is 2.93. The lowest BCUT2D eigenvalue weighted by molar-refractivity contribution is 0.0947. The van der Waals surface area contributed by atoms with E-state index in [1.54, 1.807) is 0 Å². The Balaban J connectivity index is 2.04. The molecule has 1 aromatic carbocycles. The van der Waals surface area contributed by atoms with E-state index in [1.807, 2.05) is 6.92 Å². The first-order valence-corrected chi connectivity index (χ1v) is 6.94. The fourth-order valence-electron chi connectivity index (χ4n) is 1.73. The fourth-order valence-corrected chi connectivity index (χ4v) is 1.73. The molecule has 0 spiro atoms. The Hall–Kier alpha value is -2.57. The van der Waals surface area contributed by atoms with E-state index in [-0.39, 0.29) is 23.1 Å². The summed E-state index contributed by atoms with van der Waals surface area (Å²) in [6.07, 6.45) is 1.86. The van der Waals surface area contributed by atoms with Gasteiger partial charge in [-0.25, -0.2) is 8.78 Å². The fraction of sp³-hybridized carbons (Fsp3) is 0.267. The van der Waals surface area contributed by atoms with Crippen molar-refractivity contribution in [3.63, 3.8) is 0 Å². The highest BCUT2D eigenvalue weighted by Crippen LogP contribution is 2.21. The number of hydrogen-bond donors (Lipinski definition) is 2. The van der Waals surface area contributed by atoms with Crippen molar-refractivity contribution >= 4 is 17.4 Å². The molecule has 1 heterocycles. The minimum Gasteiger partial charge on any atom is -0.351 e. The Morgan fingerprint density at radius 1 is 1.14 bits per heavy atom. The third-order valence-corrected chi connectivity index (χ3v) is 2.93. The second-order valence-electron chi connectivity index (χ2n) is 4.63. The molecule has 2 aromatic rings. The van der Waals surface area contributed by atoms with Crippen LogP contribution in [0.2, 0.25) is 0 Å². The normalized spacial score (nSPS) is 10.3. The predicted molar refractivity (Wildman–Crippen MR) is 78.9 cm³/mol. The number of carbonyl (C=O) groups is 1. The topological polar surface area (TPSA) is 66.9 Å². The number of anilines is 2. The number of aromatic nitrogens is 2. The van der Waals surface area contributed by atoms with E-state index in [4.69, 9.17) is 0 Å². The first-order valence-electron chi connectivity index (χ1n) is 6.94. The molecule has 0 unspecified atom stereocenters. The summed E-state index contributed by atoms with van der Waals surface area (Å²) in [6, 6.07) is 6.41. The Bertz CT molecular complexity index is 626. The van der Waals surface area contributed by atoms with Crippen molar-refractivity contribution in [2.45, 2.75) is 19.8 Å². The van der Waals surface area contributed by atoms with E-state index < -0.39 is 11.6 Å². The molecule has 0 aliphatic rings. The minimum atomic E-state index is -0.733. The number of para-hydroxylation sites is 1. The lowest BCUT2D eigenvalue weighted by Crippen LogP contribution is -2.25. The van der Waals surface area contributed by atoms with E-state index in [9.17, 15) is 13.6 Å². The van der Waals surface area contributed by atoms with Gasteiger partial charge in [0.2, 0.25) is 0 Å². The van der Waals surface area contributed by atoms with E-state index >= 15 is 0 Å². The summed E-state index contributed by atoms with van der Waals surface area (Å²) in [5.41, 5.74) is -0.160. The summed E-state index contributed by atoms with van der Waals surface area (Å²) < 4.78 is 27.0. The molecule has 1 amide bonds. The lowest BCUT2D eigenvalue weighted by atomic mass is 10.3. The molecule has 1 aromatic heterocycles. The quantitative estimate of drug-likeness (QED) is 0.805. The Labute approximate surface area is 126 Å². The van der Waals surface area contributed by atoms with Crippen LogP contribution in [0.5, 0.6) is 0 Å². The van der Waals surface area contributed by atoms with Crippen LogP contribution < -0.4 is 10.6 Å².